The number of hydrogen-bond acceptors (Lipinski definition) is 4. The number of ether oxygens (including phenoxy) is 1. The standard InChI is InChI=1S/C16H20N4O/c1-2-4-15-13(3-1)7-14(21-15)10-17-8-12-9-18-16-5-6-19-20(16)11-12/h1-6,12,14,17-18H,7-11H2/t12-,14-/m0/s1. The van der Waals surface area contributed by atoms with E-state index in [1.807, 2.05) is 23.0 Å². The van der Waals surface area contributed by atoms with Crippen LogP contribution < -0.4 is 15.4 Å². The molecule has 21 heavy (non-hydrogen) atoms. The van der Waals surface area contributed by atoms with Crippen LogP contribution in [0.1, 0.15) is 5.56 Å². The van der Waals surface area contributed by atoms with E-state index in [0.29, 0.717) is 5.92 Å². The van der Waals surface area contributed by atoms with E-state index in [2.05, 4.69) is 33.9 Å². The quantitative estimate of drug-likeness (QED) is 0.894. The second kappa shape index (κ2) is 5.41. The number of para-hydroxylation sites is 1. The molecule has 3 heterocycles. The smallest absolute Gasteiger partial charge is 0.124 e. The minimum absolute atomic E-state index is 0.263. The number of anilines is 1. The van der Waals surface area contributed by atoms with Crippen LogP contribution in [-0.2, 0) is 13.0 Å². The Balaban J connectivity index is 1.25. The summed E-state index contributed by atoms with van der Waals surface area (Å²) < 4.78 is 7.98. The first-order chi connectivity index (χ1) is 10.4. The Labute approximate surface area is 124 Å². The molecule has 1 aromatic carbocycles. The third kappa shape index (κ3) is 2.61. The first-order valence-corrected chi connectivity index (χ1v) is 7.59. The number of rotatable bonds is 4. The van der Waals surface area contributed by atoms with Gasteiger partial charge < -0.3 is 15.4 Å². The summed E-state index contributed by atoms with van der Waals surface area (Å²) in [7, 11) is 0. The molecule has 0 radical (unpaired) electrons. The van der Waals surface area contributed by atoms with Crippen molar-refractivity contribution < 1.29 is 4.74 Å². The molecule has 0 aliphatic carbocycles. The van der Waals surface area contributed by atoms with E-state index in [-0.39, 0.29) is 6.10 Å². The molecule has 2 aromatic rings. The second-order valence-electron chi connectivity index (χ2n) is 5.86. The summed E-state index contributed by atoms with van der Waals surface area (Å²) in [5, 5.41) is 11.3. The highest BCUT2D eigenvalue weighted by molar-refractivity contribution is 5.37. The molecule has 0 spiro atoms. The number of benzene rings is 1. The molecule has 1 aromatic heterocycles. The average Bonchev–Trinajstić information content (AvgIpc) is 3.12. The van der Waals surface area contributed by atoms with E-state index in [1.165, 1.54) is 5.56 Å². The van der Waals surface area contributed by atoms with Crippen LogP contribution in [0.5, 0.6) is 5.75 Å². The number of nitrogens with one attached hydrogen (secondary N) is 2. The summed E-state index contributed by atoms with van der Waals surface area (Å²) in [6, 6.07) is 10.3. The van der Waals surface area contributed by atoms with Gasteiger partial charge in [0, 0.05) is 44.6 Å². The van der Waals surface area contributed by atoms with Gasteiger partial charge in [-0.25, -0.2) is 4.68 Å². The zero-order valence-corrected chi connectivity index (χ0v) is 12.0. The van der Waals surface area contributed by atoms with Crippen molar-refractivity contribution in [3.8, 4) is 5.75 Å². The topological polar surface area (TPSA) is 51.1 Å². The van der Waals surface area contributed by atoms with Gasteiger partial charge in [0.2, 0.25) is 0 Å². The summed E-state index contributed by atoms with van der Waals surface area (Å²) in [5.41, 5.74) is 1.32. The van der Waals surface area contributed by atoms with E-state index in [4.69, 9.17) is 4.74 Å². The van der Waals surface area contributed by atoms with Crippen LogP contribution >= 0.6 is 0 Å². The summed E-state index contributed by atoms with van der Waals surface area (Å²) in [5.74, 6) is 2.74. The zero-order valence-electron chi connectivity index (χ0n) is 12.0. The monoisotopic (exact) mass is 284 g/mol. The van der Waals surface area contributed by atoms with Gasteiger partial charge in [-0.05, 0) is 11.6 Å². The molecule has 0 saturated heterocycles. The Morgan fingerprint density at radius 3 is 3.19 bits per heavy atom. The molecule has 4 rings (SSSR count). The van der Waals surface area contributed by atoms with Crippen molar-refractivity contribution in [2.24, 2.45) is 5.92 Å². The fourth-order valence-corrected chi connectivity index (χ4v) is 3.14. The Hall–Kier alpha value is -2.01. The second-order valence-corrected chi connectivity index (χ2v) is 5.86. The van der Waals surface area contributed by atoms with Gasteiger partial charge in [0.15, 0.2) is 0 Å². The molecule has 0 amide bonds. The van der Waals surface area contributed by atoms with Gasteiger partial charge >= 0.3 is 0 Å². The van der Waals surface area contributed by atoms with Crippen molar-refractivity contribution in [1.82, 2.24) is 15.1 Å². The van der Waals surface area contributed by atoms with E-state index in [1.54, 1.807) is 0 Å². The van der Waals surface area contributed by atoms with Gasteiger partial charge in [-0.2, -0.15) is 5.10 Å². The molecule has 110 valence electrons. The molecular weight excluding hydrogens is 264 g/mol. The van der Waals surface area contributed by atoms with E-state index < -0.39 is 0 Å². The van der Waals surface area contributed by atoms with Crippen LogP contribution in [-0.4, -0.2) is 35.5 Å². The SMILES string of the molecule is c1ccc2c(c1)C[C@@H](CNC[C@H]1CNc3ccnn3C1)O2. The molecule has 0 unspecified atom stereocenters. The third-order valence-electron chi connectivity index (χ3n) is 4.24. The molecular formula is C16H20N4O. The van der Waals surface area contributed by atoms with Gasteiger partial charge in [0.05, 0.1) is 6.20 Å². The van der Waals surface area contributed by atoms with Crippen molar-refractivity contribution in [2.45, 2.75) is 19.1 Å². The normalized spacial score (nSPS) is 23.0. The maximum Gasteiger partial charge on any atom is 0.124 e. The first kappa shape index (κ1) is 12.7. The Kier molecular flexibility index (Phi) is 3.27. The number of fused-ring (bicyclic) bond motifs is 2. The van der Waals surface area contributed by atoms with Crippen LogP contribution in [0.2, 0.25) is 0 Å². The Morgan fingerprint density at radius 2 is 2.24 bits per heavy atom. The molecule has 2 aliphatic heterocycles. The predicted octanol–water partition coefficient (Wildman–Crippen LogP) is 1.52. The van der Waals surface area contributed by atoms with E-state index in [0.717, 1.165) is 44.2 Å². The highest BCUT2D eigenvalue weighted by atomic mass is 16.5. The van der Waals surface area contributed by atoms with Crippen LogP contribution in [0.3, 0.4) is 0 Å². The molecule has 2 aliphatic rings. The van der Waals surface area contributed by atoms with E-state index in [9.17, 15) is 0 Å². The minimum atomic E-state index is 0.263. The highest BCUT2D eigenvalue weighted by Crippen LogP contribution is 2.27. The predicted molar refractivity (Wildman–Crippen MR) is 81.6 cm³/mol. The molecule has 0 fully saturated rings. The molecule has 2 atom stereocenters. The van der Waals surface area contributed by atoms with Crippen LogP contribution in [0.4, 0.5) is 5.82 Å². The first-order valence-electron chi connectivity index (χ1n) is 7.59. The van der Waals surface area contributed by atoms with Crippen molar-refractivity contribution in [3.05, 3.63) is 42.1 Å². The van der Waals surface area contributed by atoms with Crippen molar-refractivity contribution in [1.29, 1.82) is 0 Å². The van der Waals surface area contributed by atoms with Crippen molar-refractivity contribution >= 4 is 5.82 Å². The highest BCUT2D eigenvalue weighted by Gasteiger charge is 2.23. The Bertz CT molecular complexity index is 597. The minimum Gasteiger partial charge on any atom is -0.488 e. The third-order valence-corrected chi connectivity index (χ3v) is 4.24. The number of aromatic nitrogens is 2. The number of hydrogen-bond donors (Lipinski definition) is 2. The maximum atomic E-state index is 5.94. The lowest BCUT2D eigenvalue weighted by atomic mass is 10.1. The van der Waals surface area contributed by atoms with Gasteiger partial charge in [0.25, 0.3) is 0 Å². The lowest BCUT2D eigenvalue weighted by Gasteiger charge is -2.25. The van der Waals surface area contributed by atoms with Gasteiger partial charge in [-0.15, -0.1) is 0 Å². The van der Waals surface area contributed by atoms with Gasteiger partial charge in [-0.3, -0.25) is 0 Å². The molecule has 0 bridgehead atoms. The molecule has 2 N–H and O–H groups in total. The lowest BCUT2D eigenvalue weighted by molar-refractivity contribution is 0.223. The molecule has 0 saturated carbocycles. The van der Waals surface area contributed by atoms with Crippen molar-refractivity contribution in [3.63, 3.8) is 0 Å². The van der Waals surface area contributed by atoms with Crippen LogP contribution in [0.15, 0.2) is 36.5 Å². The fourth-order valence-electron chi connectivity index (χ4n) is 3.14. The Morgan fingerprint density at radius 1 is 1.29 bits per heavy atom. The summed E-state index contributed by atoms with van der Waals surface area (Å²) >= 11 is 0. The zero-order chi connectivity index (χ0) is 14.1. The van der Waals surface area contributed by atoms with Gasteiger partial charge in [-0.1, -0.05) is 18.2 Å². The van der Waals surface area contributed by atoms with Crippen LogP contribution in [0, 0.1) is 5.92 Å². The molecule has 5 nitrogen and oxygen atoms in total. The number of nitrogens with zero attached hydrogens (tertiary/aromatic N) is 2. The van der Waals surface area contributed by atoms with E-state index >= 15 is 0 Å². The fraction of sp³-hybridized carbons (Fsp3) is 0.438. The van der Waals surface area contributed by atoms with Gasteiger partial charge in [0.1, 0.15) is 17.7 Å². The molecule has 5 heteroatoms. The largest absolute Gasteiger partial charge is 0.488 e. The lowest BCUT2D eigenvalue weighted by Crippen LogP contribution is -2.38. The summed E-state index contributed by atoms with van der Waals surface area (Å²) in [6.45, 7) is 3.87. The average molecular weight is 284 g/mol. The summed E-state index contributed by atoms with van der Waals surface area (Å²) in [4.78, 5) is 0. The summed E-state index contributed by atoms with van der Waals surface area (Å²) in [6.07, 6.45) is 3.12. The maximum absolute atomic E-state index is 5.94. The van der Waals surface area contributed by atoms with Crippen molar-refractivity contribution in [2.75, 3.05) is 25.0 Å². The van der Waals surface area contributed by atoms with Crippen LogP contribution in [0.25, 0.3) is 0 Å².